The number of nitrogens with one attached hydrogen (secondary N) is 1. The van der Waals surface area contributed by atoms with Crippen molar-refractivity contribution >= 4 is 16.8 Å². The number of carbonyl (C=O) groups excluding carboxylic acids is 1. The molecule has 144 valence electrons. The number of fused-ring (bicyclic) bond motifs is 1. The second-order valence-corrected chi connectivity index (χ2v) is 8.42. The van der Waals surface area contributed by atoms with E-state index in [0.29, 0.717) is 22.4 Å². The molecule has 2 aromatic rings. The number of para-hydroxylation sites is 1. The topological polar surface area (TPSA) is 46.9 Å². The van der Waals surface area contributed by atoms with Crippen LogP contribution in [0.1, 0.15) is 90.1 Å². The van der Waals surface area contributed by atoms with E-state index in [0.717, 1.165) is 19.3 Å². The van der Waals surface area contributed by atoms with Gasteiger partial charge in [0.05, 0.1) is 8.26 Å². The molecule has 1 N–H and O–H groups in total. The van der Waals surface area contributed by atoms with E-state index in [1.54, 1.807) is 6.07 Å². The summed E-state index contributed by atoms with van der Waals surface area (Å²) in [5.41, 5.74) is -0.505. The van der Waals surface area contributed by atoms with Crippen LogP contribution in [0, 0.1) is 17.8 Å². The molecule has 4 fully saturated rings. The van der Waals surface area contributed by atoms with Crippen LogP contribution in [0.15, 0.2) is 24.3 Å². The highest BCUT2D eigenvalue weighted by atomic mass is 16.2. The molecular formula is C23H31N3O. The molecular weight excluding hydrogens is 334 g/mol. The van der Waals surface area contributed by atoms with Crippen molar-refractivity contribution < 1.29 is 19.9 Å². The van der Waals surface area contributed by atoms with Gasteiger partial charge in [-0.25, -0.2) is 0 Å². The molecule has 1 aromatic heterocycles. The first-order valence-corrected chi connectivity index (χ1v) is 9.64. The highest BCUT2D eigenvalue weighted by molar-refractivity contribution is 6.05. The van der Waals surface area contributed by atoms with Crippen LogP contribution in [-0.2, 0) is 6.50 Å². The van der Waals surface area contributed by atoms with Gasteiger partial charge in [-0.1, -0.05) is 37.8 Å². The van der Waals surface area contributed by atoms with Crippen molar-refractivity contribution in [1.82, 2.24) is 15.1 Å². The number of hydrogen-bond donors (Lipinski definition) is 1. The van der Waals surface area contributed by atoms with Crippen molar-refractivity contribution in [3.63, 3.8) is 0 Å². The predicted molar refractivity (Wildman–Crippen MR) is 108 cm³/mol. The van der Waals surface area contributed by atoms with E-state index in [9.17, 15) is 4.79 Å². The highest BCUT2D eigenvalue weighted by Crippen LogP contribution is 2.55. The fraction of sp³-hybridized carbons (Fsp3) is 0.652. The third kappa shape index (κ3) is 3.07. The fourth-order valence-corrected chi connectivity index (χ4v) is 6.00. The summed E-state index contributed by atoms with van der Waals surface area (Å²) < 4.78 is 88.9. The van der Waals surface area contributed by atoms with Crippen molar-refractivity contribution in [3.05, 3.63) is 30.0 Å². The summed E-state index contributed by atoms with van der Waals surface area (Å²) in [5, 5.41) is 7.54. The SMILES string of the molecule is [2H]C([2H])([2H])C([2H])([2H])C([2H])([2H])C([2H])([2H])C([2H])([2H])n1nc(C(=O)NC23CC4CC(CC(C4)C2)C3)c2ccccc21. The number of benzene rings is 1. The average Bonchev–Trinajstić information content (AvgIpc) is 3.17. The fourth-order valence-electron chi connectivity index (χ4n) is 6.00. The molecule has 4 aliphatic carbocycles. The zero-order valence-electron chi connectivity index (χ0n) is 26.1. The Morgan fingerprint density at radius 1 is 1.22 bits per heavy atom. The smallest absolute Gasteiger partial charge is 0.272 e. The van der Waals surface area contributed by atoms with E-state index in [1.807, 2.05) is 0 Å². The minimum absolute atomic E-state index is 0.00211. The van der Waals surface area contributed by atoms with Gasteiger partial charge in [-0.15, -0.1) is 0 Å². The predicted octanol–water partition coefficient (Wildman–Crippen LogP) is 4.93. The monoisotopic (exact) mass is 376 g/mol. The third-order valence-corrected chi connectivity index (χ3v) is 6.51. The standard InChI is InChI=1S/C23H31N3O/c1-2-3-6-9-26-20-8-5-4-7-19(20)21(25-26)22(27)24-23-13-16-10-17(14-23)12-18(11-16)15-23/h4-5,7-8,16-18H,2-3,6,9-15H2,1H3,(H,24,27)/i1D3,2D2,3D2,6D2,9D2. The van der Waals surface area contributed by atoms with Crippen LogP contribution in [0.4, 0.5) is 0 Å². The van der Waals surface area contributed by atoms with Crippen LogP contribution < -0.4 is 5.32 Å². The molecule has 0 saturated heterocycles. The number of nitrogens with zero attached hydrogens (tertiary/aromatic N) is 2. The van der Waals surface area contributed by atoms with E-state index < -0.39 is 38.4 Å². The van der Waals surface area contributed by atoms with E-state index >= 15 is 0 Å². The highest BCUT2D eigenvalue weighted by Gasteiger charge is 2.51. The molecule has 6 rings (SSSR count). The van der Waals surface area contributed by atoms with Crippen LogP contribution >= 0.6 is 0 Å². The summed E-state index contributed by atoms with van der Waals surface area (Å²) in [6.07, 6.45) is -5.14. The van der Waals surface area contributed by atoms with Crippen molar-refractivity contribution in [1.29, 1.82) is 0 Å². The van der Waals surface area contributed by atoms with Gasteiger partial charge in [-0.3, -0.25) is 9.48 Å². The number of aromatic nitrogens is 2. The lowest BCUT2D eigenvalue weighted by Crippen LogP contribution is -2.59. The Labute approximate surface area is 177 Å². The van der Waals surface area contributed by atoms with Crippen LogP contribution in [0.5, 0.6) is 0 Å². The van der Waals surface area contributed by atoms with Crippen LogP contribution in [0.3, 0.4) is 0 Å². The molecule has 1 amide bonds. The molecule has 4 bridgehead atoms. The third-order valence-electron chi connectivity index (χ3n) is 6.51. The molecule has 0 spiro atoms. The number of amides is 1. The molecule has 0 aliphatic heterocycles. The Morgan fingerprint density at radius 2 is 1.93 bits per heavy atom. The van der Waals surface area contributed by atoms with E-state index in [2.05, 4.69) is 10.4 Å². The van der Waals surface area contributed by atoms with Gasteiger partial charge in [0.2, 0.25) is 0 Å². The molecule has 0 unspecified atom stereocenters. The van der Waals surface area contributed by atoms with Gasteiger partial charge in [0.25, 0.3) is 5.91 Å². The minimum atomic E-state index is -3.82. The summed E-state index contributed by atoms with van der Waals surface area (Å²) in [4.78, 5) is 13.6. The van der Waals surface area contributed by atoms with Crippen LogP contribution in [-0.4, -0.2) is 21.2 Å². The van der Waals surface area contributed by atoms with Crippen LogP contribution in [0.25, 0.3) is 10.9 Å². The number of rotatable bonds is 6. The Kier molecular flexibility index (Phi) is 2.24. The summed E-state index contributed by atoms with van der Waals surface area (Å²) in [7, 11) is 0. The van der Waals surface area contributed by atoms with Gasteiger partial charge in [0.15, 0.2) is 5.69 Å². The van der Waals surface area contributed by atoms with Crippen molar-refractivity contribution in [2.45, 2.75) is 76.5 Å². The van der Waals surface area contributed by atoms with Crippen molar-refractivity contribution in [3.8, 4) is 0 Å². The zero-order valence-corrected chi connectivity index (χ0v) is 15.1. The molecule has 4 saturated carbocycles. The second kappa shape index (κ2) is 6.65. The van der Waals surface area contributed by atoms with E-state index in [-0.39, 0.29) is 22.1 Å². The second-order valence-electron chi connectivity index (χ2n) is 8.42. The molecule has 27 heavy (non-hydrogen) atoms. The van der Waals surface area contributed by atoms with Crippen LogP contribution in [0.2, 0.25) is 0 Å². The van der Waals surface area contributed by atoms with Crippen molar-refractivity contribution in [2.75, 3.05) is 0 Å². The quantitative estimate of drug-likeness (QED) is 0.777. The Bertz CT molecular complexity index is 1230. The van der Waals surface area contributed by atoms with Crippen molar-refractivity contribution in [2.24, 2.45) is 17.8 Å². The van der Waals surface area contributed by atoms with Gasteiger partial charge in [0.1, 0.15) is 0 Å². The lowest BCUT2D eigenvalue weighted by molar-refractivity contribution is -0.0167. The Balaban J connectivity index is 1.54. The maximum absolute atomic E-state index is 13.6. The van der Waals surface area contributed by atoms with Gasteiger partial charge in [-0.05, 0) is 68.7 Å². The van der Waals surface area contributed by atoms with Gasteiger partial charge >= 0.3 is 0 Å². The number of hydrogen-bond acceptors (Lipinski definition) is 2. The number of aryl methyl sites for hydroxylation is 1. The summed E-state index contributed by atoms with van der Waals surface area (Å²) >= 11 is 0. The van der Waals surface area contributed by atoms with Gasteiger partial charge in [-0.2, -0.15) is 5.10 Å². The molecule has 1 aromatic carbocycles. The Morgan fingerprint density at radius 3 is 2.63 bits per heavy atom. The van der Waals surface area contributed by atoms with E-state index in [4.69, 9.17) is 15.1 Å². The molecule has 0 atom stereocenters. The lowest BCUT2D eigenvalue weighted by atomic mass is 9.53. The molecule has 4 heteroatoms. The normalized spacial score (nSPS) is 40.1. The summed E-state index contributed by atoms with van der Waals surface area (Å²) in [5.74, 6) is 1.16. The zero-order chi connectivity index (χ0) is 28.1. The first kappa shape index (κ1) is 9.11. The summed E-state index contributed by atoms with van der Waals surface area (Å²) in [6.45, 7) is -6.96. The first-order chi connectivity index (χ1) is 17.3. The van der Waals surface area contributed by atoms with E-state index in [1.165, 1.54) is 37.5 Å². The molecule has 0 radical (unpaired) electrons. The Hall–Kier alpha value is -1.84. The maximum atomic E-state index is 13.6. The average molecular weight is 377 g/mol. The maximum Gasteiger partial charge on any atom is 0.272 e. The molecule has 4 aliphatic rings. The van der Waals surface area contributed by atoms with Gasteiger partial charge < -0.3 is 5.32 Å². The summed E-state index contributed by atoms with van der Waals surface area (Å²) in [6, 6.07) is 6.09. The number of carbonyl (C=O) groups is 1. The molecule has 4 nitrogen and oxygen atoms in total. The molecule has 1 heterocycles. The largest absolute Gasteiger partial charge is 0.345 e. The lowest BCUT2D eigenvalue weighted by Gasteiger charge is -2.56. The minimum Gasteiger partial charge on any atom is -0.345 e. The van der Waals surface area contributed by atoms with Gasteiger partial charge in [0, 0.05) is 29.8 Å². The first-order valence-electron chi connectivity index (χ1n) is 15.1.